The number of thiophene rings is 1. The van der Waals surface area contributed by atoms with Gasteiger partial charge in [-0.05, 0) is 53.2 Å². The Bertz CT molecular complexity index is 932. The molecule has 1 aromatic heterocycles. The maximum absolute atomic E-state index is 3.56. The average Bonchev–Trinajstić information content (AvgIpc) is 2.73. The fourth-order valence-corrected chi connectivity index (χ4v) is 4.32. The van der Waals surface area contributed by atoms with Gasteiger partial charge in [-0.1, -0.05) is 37.9 Å². The number of hydrogen-bond acceptors (Lipinski definition) is 1. The number of fused-ring (bicyclic) bond motifs is 4. The number of benzene rings is 3. The molecular weight excluding hydrogens is 384 g/mol. The predicted octanol–water partition coefficient (Wildman–Crippen LogP) is 6.73. The molecule has 0 aliphatic rings. The first-order valence-electron chi connectivity index (χ1n) is 5.92. The lowest BCUT2D eigenvalue weighted by molar-refractivity contribution is 1.74. The van der Waals surface area contributed by atoms with Crippen molar-refractivity contribution in [2.75, 3.05) is 0 Å². The largest absolute Gasteiger partial charge is 0.135 e. The highest BCUT2D eigenvalue weighted by atomic mass is 79.9. The first-order chi connectivity index (χ1) is 9.20. The smallest absolute Gasteiger partial charge is 0.0361 e. The van der Waals surface area contributed by atoms with E-state index < -0.39 is 0 Å². The van der Waals surface area contributed by atoms with E-state index in [1.807, 2.05) is 11.3 Å². The van der Waals surface area contributed by atoms with Crippen LogP contribution in [0.5, 0.6) is 0 Å². The van der Waals surface area contributed by atoms with Crippen molar-refractivity contribution in [2.45, 2.75) is 0 Å². The summed E-state index contributed by atoms with van der Waals surface area (Å²) >= 11 is 8.96. The highest BCUT2D eigenvalue weighted by molar-refractivity contribution is 9.10. The summed E-state index contributed by atoms with van der Waals surface area (Å²) in [5.41, 5.74) is 0. The molecule has 0 saturated carbocycles. The summed E-state index contributed by atoms with van der Waals surface area (Å²) in [4.78, 5) is 0. The molecule has 0 N–H and O–H groups in total. The highest BCUT2D eigenvalue weighted by Gasteiger charge is 2.07. The average molecular weight is 392 g/mol. The minimum atomic E-state index is 1.13. The molecule has 0 fully saturated rings. The normalized spacial score (nSPS) is 11.7. The number of halogens is 2. The van der Waals surface area contributed by atoms with E-state index in [0.717, 1.165) is 8.95 Å². The maximum Gasteiger partial charge on any atom is 0.0361 e. The molecule has 0 unspecified atom stereocenters. The highest BCUT2D eigenvalue weighted by Crippen LogP contribution is 2.38. The maximum atomic E-state index is 3.56. The van der Waals surface area contributed by atoms with Crippen LogP contribution in [-0.2, 0) is 0 Å². The van der Waals surface area contributed by atoms with Crippen LogP contribution < -0.4 is 0 Å². The predicted molar refractivity (Wildman–Crippen MR) is 92.2 cm³/mol. The Morgan fingerprint density at radius 3 is 2.26 bits per heavy atom. The molecular formula is C16H8Br2S. The van der Waals surface area contributed by atoms with Crippen molar-refractivity contribution in [3.8, 4) is 0 Å². The molecule has 4 aromatic rings. The van der Waals surface area contributed by atoms with Gasteiger partial charge in [0, 0.05) is 29.1 Å². The second-order valence-electron chi connectivity index (χ2n) is 4.58. The molecule has 0 atom stereocenters. The summed E-state index contributed by atoms with van der Waals surface area (Å²) in [6.45, 7) is 0. The Labute approximate surface area is 131 Å². The van der Waals surface area contributed by atoms with E-state index in [4.69, 9.17) is 0 Å². The number of hydrogen-bond donors (Lipinski definition) is 0. The molecule has 92 valence electrons. The molecule has 0 saturated heterocycles. The van der Waals surface area contributed by atoms with Crippen LogP contribution in [0.2, 0.25) is 0 Å². The molecule has 0 nitrogen and oxygen atoms in total. The summed E-state index contributed by atoms with van der Waals surface area (Å²) in [7, 11) is 0. The minimum Gasteiger partial charge on any atom is -0.135 e. The molecule has 4 rings (SSSR count). The molecule has 19 heavy (non-hydrogen) atoms. The van der Waals surface area contributed by atoms with Gasteiger partial charge < -0.3 is 0 Å². The van der Waals surface area contributed by atoms with Gasteiger partial charge in [0.25, 0.3) is 0 Å². The van der Waals surface area contributed by atoms with Crippen LogP contribution >= 0.6 is 43.2 Å². The second-order valence-corrected chi connectivity index (χ2v) is 7.50. The zero-order chi connectivity index (χ0) is 13.0. The van der Waals surface area contributed by atoms with Crippen LogP contribution in [0.3, 0.4) is 0 Å². The lowest BCUT2D eigenvalue weighted by atomic mass is 10.1. The Kier molecular flexibility index (Phi) is 2.69. The lowest BCUT2D eigenvalue weighted by Crippen LogP contribution is -1.73. The fraction of sp³-hybridized carbons (Fsp3) is 0. The van der Waals surface area contributed by atoms with Gasteiger partial charge in [-0.3, -0.25) is 0 Å². The zero-order valence-electron chi connectivity index (χ0n) is 9.78. The van der Waals surface area contributed by atoms with Crippen molar-refractivity contribution in [1.82, 2.24) is 0 Å². The van der Waals surface area contributed by atoms with Gasteiger partial charge in [0.2, 0.25) is 0 Å². The Morgan fingerprint density at radius 1 is 0.632 bits per heavy atom. The summed E-state index contributed by atoms with van der Waals surface area (Å²) in [5.74, 6) is 0. The van der Waals surface area contributed by atoms with Crippen molar-refractivity contribution >= 4 is 74.1 Å². The van der Waals surface area contributed by atoms with Gasteiger partial charge in [0.05, 0.1) is 0 Å². The van der Waals surface area contributed by atoms with Crippen molar-refractivity contribution in [2.24, 2.45) is 0 Å². The van der Waals surface area contributed by atoms with E-state index in [2.05, 4.69) is 80.4 Å². The SMILES string of the molecule is Brc1ccc2cc3sc4ccc(Br)cc4c3cc2c1. The van der Waals surface area contributed by atoms with Gasteiger partial charge in [-0.25, -0.2) is 0 Å². The Morgan fingerprint density at radius 2 is 1.37 bits per heavy atom. The van der Waals surface area contributed by atoms with Crippen LogP contribution in [0.25, 0.3) is 30.9 Å². The molecule has 0 bridgehead atoms. The molecule has 0 amide bonds. The monoisotopic (exact) mass is 390 g/mol. The summed E-state index contributed by atoms with van der Waals surface area (Å²) in [5, 5.41) is 5.24. The topological polar surface area (TPSA) is 0 Å². The molecule has 1 heterocycles. The standard InChI is InChI=1S/C16H8Br2S/c17-11-2-1-9-7-16-13(6-10(9)5-11)14-8-12(18)3-4-15(14)19-16/h1-8H. The van der Waals surface area contributed by atoms with Crippen molar-refractivity contribution in [3.05, 3.63) is 57.5 Å². The van der Waals surface area contributed by atoms with E-state index in [1.54, 1.807) is 0 Å². The van der Waals surface area contributed by atoms with E-state index in [-0.39, 0.29) is 0 Å². The van der Waals surface area contributed by atoms with Crippen LogP contribution in [0.4, 0.5) is 0 Å². The quantitative estimate of drug-likeness (QED) is 0.311. The van der Waals surface area contributed by atoms with E-state index in [9.17, 15) is 0 Å². The van der Waals surface area contributed by atoms with Crippen LogP contribution in [0, 0.1) is 0 Å². The van der Waals surface area contributed by atoms with E-state index in [0.29, 0.717) is 0 Å². The first-order valence-corrected chi connectivity index (χ1v) is 8.32. The molecule has 3 aromatic carbocycles. The molecule has 0 spiro atoms. The summed E-state index contributed by atoms with van der Waals surface area (Å²) < 4.78 is 4.95. The number of rotatable bonds is 0. The molecule has 0 aliphatic heterocycles. The lowest BCUT2D eigenvalue weighted by Gasteiger charge is -2.00. The van der Waals surface area contributed by atoms with Crippen LogP contribution in [-0.4, -0.2) is 0 Å². The third-order valence-electron chi connectivity index (χ3n) is 3.35. The Hall–Kier alpha value is -0.900. The van der Waals surface area contributed by atoms with Crippen molar-refractivity contribution in [3.63, 3.8) is 0 Å². The van der Waals surface area contributed by atoms with Gasteiger partial charge in [-0.2, -0.15) is 0 Å². The van der Waals surface area contributed by atoms with Gasteiger partial charge >= 0.3 is 0 Å². The Balaban J connectivity index is 2.21. The third-order valence-corrected chi connectivity index (χ3v) is 5.47. The van der Waals surface area contributed by atoms with Crippen LogP contribution in [0.15, 0.2) is 57.5 Å². The summed E-state index contributed by atoms with van der Waals surface area (Å²) in [6.07, 6.45) is 0. The molecule has 0 radical (unpaired) electrons. The van der Waals surface area contributed by atoms with Crippen molar-refractivity contribution < 1.29 is 0 Å². The molecule has 3 heteroatoms. The summed E-state index contributed by atoms with van der Waals surface area (Å²) in [6, 6.07) is 17.5. The third kappa shape index (κ3) is 1.92. The van der Waals surface area contributed by atoms with E-state index >= 15 is 0 Å². The van der Waals surface area contributed by atoms with Crippen LogP contribution in [0.1, 0.15) is 0 Å². The van der Waals surface area contributed by atoms with Gasteiger partial charge in [0.15, 0.2) is 0 Å². The minimum absolute atomic E-state index is 1.13. The van der Waals surface area contributed by atoms with E-state index in [1.165, 1.54) is 30.9 Å². The fourth-order valence-electron chi connectivity index (χ4n) is 2.46. The second kappa shape index (κ2) is 4.30. The zero-order valence-corrected chi connectivity index (χ0v) is 13.8. The van der Waals surface area contributed by atoms with Gasteiger partial charge in [0.1, 0.15) is 0 Å². The van der Waals surface area contributed by atoms with Crippen molar-refractivity contribution in [1.29, 1.82) is 0 Å². The van der Waals surface area contributed by atoms with Gasteiger partial charge in [-0.15, -0.1) is 11.3 Å². The first kappa shape index (κ1) is 11.9. The molecule has 0 aliphatic carbocycles.